The second-order valence-electron chi connectivity index (χ2n) is 6.82. The number of likely N-dealkylation sites (tertiary alicyclic amines) is 1. The Kier molecular flexibility index (Phi) is 4.47. The van der Waals surface area contributed by atoms with Gasteiger partial charge in [-0.25, -0.2) is 4.98 Å². The number of aryl methyl sites for hydroxylation is 1. The van der Waals surface area contributed by atoms with Crippen molar-refractivity contribution < 1.29 is 9.18 Å². The molecular formula is C19H20FN5O2. The van der Waals surface area contributed by atoms with Crippen LogP contribution in [0.5, 0.6) is 0 Å². The van der Waals surface area contributed by atoms with Crippen LogP contribution >= 0.6 is 0 Å². The van der Waals surface area contributed by atoms with Gasteiger partial charge in [-0.05, 0) is 38.3 Å². The Labute approximate surface area is 154 Å². The van der Waals surface area contributed by atoms with Crippen molar-refractivity contribution in [3.05, 3.63) is 63.7 Å². The summed E-state index contributed by atoms with van der Waals surface area (Å²) in [6.45, 7) is 2.11. The lowest BCUT2D eigenvalue weighted by Gasteiger charge is -2.35. The molecule has 0 spiro atoms. The van der Waals surface area contributed by atoms with Crippen molar-refractivity contribution >= 4 is 11.6 Å². The number of pyridine rings is 1. The molecule has 140 valence electrons. The van der Waals surface area contributed by atoms with Crippen LogP contribution in [0.3, 0.4) is 0 Å². The lowest BCUT2D eigenvalue weighted by atomic mass is 9.98. The Bertz CT molecular complexity index is 1040. The van der Waals surface area contributed by atoms with E-state index >= 15 is 0 Å². The summed E-state index contributed by atoms with van der Waals surface area (Å²) in [5.74, 6) is -0.882. The molecule has 0 aromatic carbocycles. The maximum atomic E-state index is 13.9. The summed E-state index contributed by atoms with van der Waals surface area (Å²) in [7, 11) is 0. The van der Waals surface area contributed by atoms with E-state index in [0.29, 0.717) is 17.9 Å². The smallest absolute Gasteiger partial charge is 0.308 e. The summed E-state index contributed by atoms with van der Waals surface area (Å²) in [4.78, 5) is 35.2. The highest BCUT2D eigenvalue weighted by molar-refractivity contribution is 5.79. The molecule has 0 bridgehead atoms. The molecule has 1 N–H and O–H groups in total. The first-order valence-corrected chi connectivity index (χ1v) is 9.02. The van der Waals surface area contributed by atoms with E-state index < -0.39 is 11.4 Å². The zero-order valence-corrected chi connectivity index (χ0v) is 15.0. The van der Waals surface area contributed by atoms with E-state index in [-0.39, 0.29) is 24.1 Å². The molecular weight excluding hydrogens is 349 g/mol. The van der Waals surface area contributed by atoms with Gasteiger partial charge in [0.1, 0.15) is 0 Å². The van der Waals surface area contributed by atoms with Crippen LogP contribution < -0.4 is 5.56 Å². The summed E-state index contributed by atoms with van der Waals surface area (Å²) in [6.07, 6.45) is 4.57. The van der Waals surface area contributed by atoms with Gasteiger partial charge in [0.25, 0.3) is 0 Å². The van der Waals surface area contributed by atoms with Crippen LogP contribution in [0, 0.1) is 12.7 Å². The molecule has 1 atom stereocenters. The second-order valence-corrected chi connectivity index (χ2v) is 6.82. The van der Waals surface area contributed by atoms with E-state index in [4.69, 9.17) is 0 Å². The summed E-state index contributed by atoms with van der Waals surface area (Å²) in [5.41, 5.74) is 1.08. The van der Waals surface area contributed by atoms with E-state index in [9.17, 15) is 14.0 Å². The van der Waals surface area contributed by atoms with Crippen LogP contribution in [0.1, 0.15) is 42.4 Å². The average molecular weight is 369 g/mol. The number of halogens is 1. The molecule has 0 aliphatic carbocycles. The first-order chi connectivity index (χ1) is 13.0. The molecule has 1 saturated heterocycles. The number of rotatable bonds is 3. The number of nitrogens with one attached hydrogen (secondary N) is 1. The Morgan fingerprint density at radius 1 is 1.37 bits per heavy atom. The Hall–Kier alpha value is -3.03. The van der Waals surface area contributed by atoms with Crippen molar-refractivity contribution in [3.63, 3.8) is 0 Å². The van der Waals surface area contributed by atoms with E-state index in [2.05, 4.69) is 15.1 Å². The number of carbonyl (C=O) groups is 1. The van der Waals surface area contributed by atoms with Crippen LogP contribution in [0.25, 0.3) is 5.65 Å². The Balaban J connectivity index is 1.66. The zero-order chi connectivity index (χ0) is 19.0. The zero-order valence-electron chi connectivity index (χ0n) is 15.0. The molecule has 1 amide bonds. The summed E-state index contributed by atoms with van der Waals surface area (Å²) < 4.78 is 15.0. The van der Waals surface area contributed by atoms with E-state index in [1.54, 1.807) is 12.3 Å². The summed E-state index contributed by atoms with van der Waals surface area (Å²) in [5, 5.41) is 2.94. The number of aromatic nitrogens is 4. The van der Waals surface area contributed by atoms with Gasteiger partial charge < -0.3 is 4.90 Å². The fourth-order valence-electron chi connectivity index (χ4n) is 3.62. The van der Waals surface area contributed by atoms with Crippen molar-refractivity contribution in [2.45, 2.75) is 38.6 Å². The number of carbonyl (C=O) groups excluding carboxylic acids is 1. The standard InChI is InChI=1S/C19H20FN5O2/c1-12-18(20)19(27)25-16(22-12)11-14(23-25)15-7-3-5-9-24(15)17(26)10-13-6-2-4-8-21-13/h2,4,6,8,11,15,23H,3,5,7,9-10H2,1H3/t15-/m1/s1. The highest BCUT2D eigenvalue weighted by atomic mass is 19.1. The molecule has 0 saturated carbocycles. The lowest BCUT2D eigenvalue weighted by Crippen LogP contribution is -2.39. The van der Waals surface area contributed by atoms with Gasteiger partial charge in [-0.1, -0.05) is 6.07 Å². The molecule has 4 heterocycles. The Morgan fingerprint density at radius 2 is 2.22 bits per heavy atom. The molecule has 7 nitrogen and oxygen atoms in total. The Morgan fingerprint density at radius 3 is 3.00 bits per heavy atom. The molecule has 3 aromatic heterocycles. The highest BCUT2D eigenvalue weighted by Crippen LogP contribution is 2.31. The third kappa shape index (κ3) is 3.22. The molecule has 8 heteroatoms. The molecule has 1 aliphatic heterocycles. The fraction of sp³-hybridized carbons (Fsp3) is 0.368. The number of H-pyrrole nitrogens is 1. The third-order valence-corrected chi connectivity index (χ3v) is 4.99. The number of hydrogen-bond donors (Lipinski definition) is 1. The number of aromatic amines is 1. The maximum absolute atomic E-state index is 13.9. The van der Waals surface area contributed by atoms with Gasteiger partial charge in [0.15, 0.2) is 5.65 Å². The van der Waals surface area contributed by atoms with Gasteiger partial charge >= 0.3 is 5.56 Å². The van der Waals surface area contributed by atoms with Crippen molar-refractivity contribution in [3.8, 4) is 0 Å². The van der Waals surface area contributed by atoms with E-state index in [1.807, 2.05) is 23.1 Å². The first kappa shape index (κ1) is 17.4. The molecule has 4 rings (SSSR count). The predicted octanol–water partition coefficient (Wildman–Crippen LogP) is 2.16. The first-order valence-electron chi connectivity index (χ1n) is 9.02. The van der Waals surface area contributed by atoms with Crippen molar-refractivity contribution in [1.29, 1.82) is 0 Å². The topological polar surface area (TPSA) is 83.4 Å². The highest BCUT2D eigenvalue weighted by Gasteiger charge is 2.30. The van der Waals surface area contributed by atoms with Gasteiger partial charge in [0, 0.05) is 24.5 Å². The monoisotopic (exact) mass is 369 g/mol. The second kappa shape index (κ2) is 6.94. The van der Waals surface area contributed by atoms with Crippen molar-refractivity contribution in [2.75, 3.05) is 6.54 Å². The van der Waals surface area contributed by atoms with Crippen LogP contribution in [0.15, 0.2) is 35.3 Å². The quantitative estimate of drug-likeness (QED) is 0.767. The van der Waals surface area contributed by atoms with Gasteiger partial charge in [0.05, 0.1) is 23.9 Å². The minimum atomic E-state index is -0.868. The number of nitrogens with zero attached hydrogens (tertiary/aromatic N) is 4. The number of amides is 1. The predicted molar refractivity (Wildman–Crippen MR) is 96.8 cm³/mol. The number of piperidine rings is 1. The van der Waals surface area contributed by atoms with E-state index in [0.717, 1.165) is 29.5 Å². The summed E-state index contributed by atoms with van der Waals surface area (Å²) >= 11 is 0. The van der Waals surface area contributed by atoms with Crippen LogP contribution in [-0.2, 0) is 11.2 Å². The largest absolute Gasteiger partial charge is 0.334 e. The minimum Gasteiger partial charge on any atom is -0.334 e. The number of hydrogen-bond acceptors (Lipinski definition) is 4. The van der Waals surface area contributed by atoms with Gasteiger partial charge in [-0.3, -0.25) is 19.7 Å². The fourth-order valence-corrected chi connectivity index (χ4v) is 3.62. The molecule has 1 fully saturated rings. The van der Waals surface area contributed by atoms with Gasteiger partial charge in [-0.15, -0.1) is 0 Å². The molecule has 3 aromatic rings. The van der Waals surface area contributed by atoms with Gasteiger partial charge in [-0.2, -0.15) is 8.91 Å². The number of fused-ring (bicyclic) bond motifs is 1. The van der Waals surface area contributed by atoms with Crippen molar-refractivity contribution in [2.24, 2.45) is 0 Å². The normalized spacial score (nSPS) is 17.4. The van der Waals surface area contributed by atoms with Gasteiger partial charge in [0.2, 0.25) is 11.7 Å². The molecule has 0 unspecified atom stereocenters. The SMILES string of the molecule is Cc1nc2cc([C@H]3CCCCN3C(=O)Cc3ccccn3)[nH]n2c(=O)c1F. The lowest BCUT2D eigenvalue weighted by molar-refractivity contribution is -0.134. The van der Waals surface area contributed by atoms with Crippen LogP contribution in [-0.4, -0.2) is 36.9 Å². The van der Waals surface area contributed by atoms with Crippen LogP contribution in [0.2, 0.25) is 0 Å². The molecule has 1 aliphatic rings. The van der Waals surface area contributed by atoms with E-state index in [1.165, 1.54) is 6.92 Å². The minimum absolute atomic E-state index is 0.0141. The summed E-state index contributed by atoms with van der Waals surface area (Å²) in [6, 6.07) is 7.03. The van der Waals surface area contributed by atoms with Crippen molar-refractivity contribution in [1.82, 2.24) is 24.5 Å². The third-order valence-electron chi connectivity index (χ3n) is 4.99. The average Bonchev–Trinajstić information content (AvgIpc) is 3.11. The maximum Gasteiger partial charge on any atom is 0.308 e. The molecule has 0 radical (unpaired) electrons. The van der Waals surface area contributed by atoms with Crippen LogP contribution in [0.4, 0.5) is 4.39 Å². The molecule has 27 heavy (non-hydrogen) atoms.